The van der Waals surface area contributed by atoms with Crippen molar-refractivity contribution in [3.63, 3.8) is 0 Å². The minimum absolute atomic E-state index is 0.0124. The molecule has 0 heterocycles. The van der Waals surface area contributed by atoms with E-state index < -0.39 is 0 Å². The first-order valence-electron chi connectivity index (χ1n) is 8.68. The van der Waals surface area contributed by atoms with E-state index in [2.05, 4.69) is 10.6 Å². The van der Waals surface area contributed by atoms with Gasteiger partial charge in [0.2, 0.25) is 5.91 Å². The van der Waals surface area contributed by atoms with Crippen LogP contribution in [0, 0.1) is 0 Å². The summed E-state index contributed by atoms with van der Waals surface area (Å²) in [5.41, 5.74) is 2.36. The Morgan fingerprint density at radius 2 is 1.43 bits per heavy atom. The molecule has 0 aliphatic rings. The predicted molar refractivity (Wildman–Crippen MR) is 113 cm³/mol. The molecular formula is C22H18Cl2N2O2. The second-order valence-electron chi connectivity index (χ2n) is 6.14. The van der Waals surface area contributed by atoms with Crippen LogP contribution >= 0.6 is 23.2 Å². The van der Waals surface area contributed by atoms with Crippen molar-refractivity contribution in [2.75, 3.05) is 5.32 Å². The SMILES string of the molecule is O=C(Cc1c(Cl)cccc1Cl)Nc1ccccc1C(=O)NCc1ccccc1. The quantitative estimate of drug-likeness (QED) is 0.591. The van der Waals surface area contributed by atoms with E-state index in [0.717, 1.165) is 5.56 Å². The van der Waals surface area contributed by atoms with Gasteiger partial charge in [-0.3, -0.25) is 9.59 Å². The molecule has 4 nitrogen and oxygen atoms in total. The number of rotatable bonds is 6. The fourth-order valence-electron chi connectivity index (χ4n) is 2.72. The zero-order valence-corrected chi connectivity index (χ0v) is 16.4. The molecule has 3 aromatic carbocycles. The average Bonchev–Trinajstić information content (AvgIpc) is 2.70. The van der Waals surface area contributed by atoms with Gasteiger partial charge in [-0.25, -0.2) is 0 Å². The van der Waals surface area contributed by atoms with Crippen LogP contribution in [0.25, 0.3) is 0 Å². The second kappa shape index (κ2) is 9.40. The highest BCUT2D eigenvalue weighted by Crippen LogP contribution is 2.25. The Labute approximate surface area is 173 Å². The van der Waals surface area contributed by atoms with Crippen molar-refractivity contribution >= 4 is 40.7 Å². The molecule has 6 heteroatoms. The zero-order valence-electron chi connectivity index (χ0n) is 14.9. The Morgan fingerprint density at radius 3 is 2.14 bits per heavy atom. The number of benzene rings is 3. The third kappa shape index (κ3) is 5.12. The van der Waals surface area contributed by atoms with Gasteiger partial charge in [0.1, 0.15) is 0 Å². The molecule has 0 atom stereocenters. The summed E-state index contributed by atoms with van der Waals surface area (Å²) in [5, 5.41) is 6.49. The lowest BCUT2D eigenvalue weighted by molar-refractivity contribution is -0.115. The molecule has 142 valence electrons. The molecule has 0 fully saturated rings. The van der Waals surface area contributed by atoms with Crippen LogP contribution < -0.4 is 10.6 Å². The highest BCUT2D eigenvalue weighted by Gasteiger charge is 2.15. The molecule has 3 rings (SSSR count). The minimum Gasteiger partial charge on any atom is -0.348 e. The molecule has 0 bridgehead atoms. The molecule has 0 aliphatic heterocycles. The van der Waals surface area contributed by atoms with Gasteiger partial charge in [0.05, 0.1) is 17.7 Å². The van der Waals surface area contributed by atoms with Crippen LogP contribution in [0.5, 0.6) is 0 Å². The van der Waals surface area contributed by atoms with Crippen molar-refractivity contribution in [3.8, 4) is 0 Å². The molecule has 0 aliphatic carbocycles. The summed E-state index contributed by atoms with van der Waals surface area (Å²) in [4.78, 5) is 25.1. The van der Waals surface area contributed by atoms with Crippen molar-refractivity contribution < 1.29 is 9.59 Å². The number of hydrogen-bond donors (Lipinski definition) is 2. The summed E-state index contributed by atoms with van der Waals surface area (Å²) in [5.74, 6) is -0.575. The molecule has 28 heavy (non-hydrogen) atoms. The van der Waals surface area contributed by atoms with Crippen molar-refractivity contribution in [2.24, 2.45) is 0 Å². The van der Waals surface area contributed by atoms with Crippen LogP contribution in [0.3, 0.4) is 0 Å². The monoisotopic (exact) mass is 412 g/mol. The van der Waals surface area contributed by atoms with E-state index in [-0.39, 0.29) is 18.2 Å². The fraction of sp³-hybridized carbons (Fsp3) is 0.0909. The second-order valence-corrected chi connectivity index (χ2v) is 6.95. The van der Waals surface area contributed by atoms with Gasteiger partial charge in [-0.1, -0.05) is 71.7 Å². The third-order valence-corrected chi connectivity index (χ3v) is 4.85. The Kier molecular flexibility index (Phi) is 6.69. The summed E-state index contributed by atoms with van der Waals surface area (Å²) >= 11 is 12.3. The number of hydrogen-bond acceptors (Lipinski definition) is 2. The first-order chi connectivity index (χ1) is 13.5. The van der Waals surface area contributed by atoms with E-state index in [4.69, 9.17) is 23.2 Å². The number of halogens is 2. The maximum Gasteiger partial charge on any atom is 0.253 e. The van der Waals surface area contributed by atoms with E-state index in [1.807, 2.05) is 30.3 Å². The van der Waals surface area contributed by atoms with Crippen LogP contribution in [0.4, 0.5) is 5.69 Å². The normalized spacial score (nSPS) is 10.4. The van der Waals surface area contributed by atoms with Crippen LogP contribution in [-0.2, 0) is 17.8 Å². The number of nitrogens with one attached hydrogen (secondary N) is 2. The van der Waals surface area contributed by atoms with Gasteiger partial charge in [0.25, 0.3) is 5.91 Å². The first-order valence-corrected chi connectivity index (χ1v) is 9.44. The van der Waals surface area contributed by atoms with Crippen LogP contribution in [0.2, 0.25) is 10.0 Å². The van der Waals surface area contributed by atoms with Crippen LogP contribution in [0.15, 0.2) is 72.8 Å². The smallest absolute Gasteiger partial charge is 0.253 e. The lowest BCUT2D eigenvalue weighted by Gasteiger charge is -2.12. The highest BCUT2D eigenvalue weighted by atomic mass is 35.5. The zero-order chi connectivity index (χ0) is 19.9. The summed E-state index contributed by atoms with van der Waals surface area (Å²) in [6.45, 7) is 0.400. The molecule has 0 aromatic heterocycles. The van der Waals surface area contributed by atoms with E-state index in [0.29, 0.717) is 33.4 Å². The van der Waals surface area contributed by atoms with Crippen molar-refractivity contribution in [1.82, 2.24) is 5.32 Å². The summed E-state index contributed by atoms with van der Waals surface area (Å²) in [7, 11) is 0. The molecule has 0 saturated heterocycles. The molecule has 0 radical (unpaired) electrons. The Hall–Kier alpha value is -2.82. The van der Waals surface area contributed by atoms with Crippen molar-refractivity contribution in [3.05, 3.63) is 99.5 Å². The van der Waals surface area contributed by atoms with E-state index in [1.54, 1.807) is 42.5 Å². The fourth-order valence-corrected chi connectivity index (χ4v) is 3.25. The van der Waals surface area contributed by atoms with Gasteiger partial charge in [0.15, 0.2) is 0 Å². The maximum atomic E-state index is 12.6. The molecule has 2 N–H and O–H groups in total. The summed E-state index contributed by atoms with van der Waals surface area (Å²) < 4.78 is 0. The summed E-state index contributed by atoms with van der Waals surface area (Å²) in [6, 6.07) is 21.5. The molecule has 0 spiro atoms. The Morgan fingerprint density at radius 1 is 0.786 bits per heavy atom. The van der Waals surface area contributed by atoms with Crippen LogP contribution in [-0.4, -0.2) is 11.8 Å². The first kappa shape index (κ1) is 19.9. The number of carbonyl (C=O) groups is 2. The van der Waals surface area contributed by atoms with Gasteiger partial charge in [-0.05, 0) is 35.4 Å². The lowest BCUT2D eigenvalue weighted by Crippen LogP contribution is -2.25. The van der Waals surface area contributed by atoms with Gasteiger partial charge < -0.3 is 10.6 Å². The molecular weight excluding hydrogens is 395 g/mol. The van der Waals surface area contributed by atoms with E-state index in [9.17, 15) is 9.59 Å². The summed E-state index contributed by atoms with van der Waals surface area (Å²) in [6.07, 6.45) is 0.0124. The molecule has 0 unspecified atom stereocenters. The maximum absolute atomic E-state index is 12.6. The standard InChI is InChI=1S/C22H18Cl2N2O2/c23-18-10-6-11-19(24)17(18)13-21(27)26-20-12-5-4-9-16(20)22(28)25-14-15-7-2-1-3-8-15/h1-12H,13-14H2,(H,25,28)(H,26,27). The molecule has 0 saturated carbocycles. The molecule has 3 aromatic rings. The number of amides is 2. The predicted octanol–water partition coefficient (Wildman–Crippen LogP) is 5.10. The third-order valence-electron chi connectivity index (χ3n) is 4.14. The topological polar surface area (TPSA) is 58.2 Å². The van der Waals surface area contributed by atoms with Crippen molar-refractivity contribution in [2.45, 2.75) is 13.0 Å². The number of anilines is 1. The molecule has 2 amide bonds. The average molecular weight is 413 g/mol. The minimum atomic E-state index is -0.307. The van der Waals surface area contributed by atoms with Crippen LogP contribution in [0.1, 0.15) is 21.5 Å². The van der Waals surface area contributed by atoms with Crippen molar-refractivity contribution in [1.29, 1.82) is 0 Å². The van der Waals surface area contributed by atoms with Gasteiger partial charge in [0, 0.05) is 16.6 Å². The van der Waals surface area contributed by atoms with Gasteiger partial charge in [-0.15, -0.1) is 0 Å². The number of carbonyl (C=O) groups excluding carboxylic acids is 2. The largest absolute Gasteiger partial charge is 0.348 e. The van der Waals surface area contributed by atoms with E-state index >= 15 is 0 Å². The highest BCUT2D eigenvalue weighted by molar-refractivity contribution is 6.36. The number of para-hydroxylation sites is 1. The Bertz CT molecular complexity index is 971. The van der Waals surface area contributed by atoms with Gasteiger partial charge in [-0.2, -0.15) is 0 Å². The Balaban J connectivity index is 1.69. The van der Waals surface area contributed by atoms with Gasteiger partial charge >= 0.3 is 0 Å². The van der Waals surface area contributed by atoms with E-state index in [1.165, 1.54) is 0 Å². The lowest BCUT2D eigenvalue weighted by atomic mass is 10.1.